The first-order valence-electron chi connectivity index (χ1n) is 10.1. The number of benzene rings is 4. The summed E-state index contributed by atoms with van der Waals surface area (Å²) in [6.45, 7) is 6.77. The van der Waals surface area contributed by atoms with Crippen molar-refractivity contribution in [3.05, 3.63) is 115 Å². The summed E-state index contributed by atoms with van der Waals surface area (Å²) >= 11 is 0. The third kappa shape index (κ3) is 4.50. The van der Waals surface area contributed by atoms with Gasteiger partial charge >= 0.3 is 0 Å². The SMILES string of the molecule is CC(C)(C)c1ccc(-c2ccc(P(c3ccccc3)c3ccccc3)cc2)cc1. The Morgan fingerprint density at radius 2 is 0.828 bits per heavy atom. The van der Waals surface area contributed by atoms with Crippen LogP contribution in [0.4, 0.5) is 0 Å². The summed E-state index contributed by atoms with van der Waals surface area (Å²) in [5, 5.41) is 4.15. The highest BCUT2D eigenvalue weighted by molar-refractivity contribution is 7.79. The van der Waals surface area contributed by atoms with Gasteiger partial charge in [-0.2, -0.15) is 0 Å². The molecule has 0 unspecified atom stereocenters. The minimum Gasteiger partial charge on any atom is -0.0622 e. The standard InChI is InChI=1S/C28H27P/c1-28(2,3)24-18-14-22(15-19-24)23-16-20-27(21-17-23)29(25-10-6-4-7-11-25)26-12-8-5-9-13-26/h4-21H,1-3H3. The van der Waals surface area contributed by atoms with Gasteiger partial charge in [0, 0.05) is 0 Å². The molecule has 29 heavy (non-hydrogen) atoms. The van der Waals surface area contributed by atoms with E-state index in [0.717, 1.165) is 0 Å². The van der Waals surface area contributed by atoms with Crippen molar-refractivity contribution in [1.82, 2.24) is 0 Å². The number of hydrogen-bond donors (Lipinski definition) is 0. The first kappa shape index (κ1) is 19.6. The molecule has 4 rings (SSSR count). The second-order valence-corrected chi connectivity index (χ2v) is 10.6. The molecule has 0 aromatic heterocycles. The molecule has 0 fully saturated rings. The van der Waals surface area contributed by atoms with Gasteiger partial charge in [-0.05, 0) is 45.9 Å². The van der Waals surface area contributed by atoms with Gasteiger partial charge in [0.2, 0.25) is 0 Å². The highest BCUT2D eigenvalue weighted by Crippen LogP contribution is 2.33. The van der Waals surface area contributed by atoms with Crippen molar-refractivity contribution in [2.45, 2.75) is 26.2 Å². The van der Waals surface area contributed by atoms with E-state index < -0.39 is 7.92 Å². The zero-order valence-corrected chi connectivity index (χ0v) is 18.2. The molecule has 0 nitrogen and oxygen atoms in total. The first-order chi connectivity index (χ1) is 14.0. The van der Waals surface area contributed by atoms with Gasteiger partial charge in [-0.3, -0.25) is 0 Å². The summed E-state index contributed by atoms with van der Waals surface area (Å²) in [6, 6.07) is 39.9. The molecule has 0 saturated carbocycles. The van der Waals surface area contributed by atoms with Crippen LogP contribution in [-0.4, -0.2) is 0 Å². The van der Waals surface area contributed by atoms with E-state index in [2.05, 4.69) is 130 Å². The second kappa shape index (κ2) is 8.36. The first-order valence-corrected chi connectivity index (χ1v) is 11.5. The Balaban J connectivity index is 1.68. The molecule has 0 atom stereocenters. The Hall–Kier alpha value is -2.69. The number of hydrogen-bond acceptors (Lipinski definition) is 0. The average molecular weight is 394 g/mol. The Morgan fingerprint density at radius 1 is 0.448 bits per heavy atom. The van der Waals surface area contributed by atoms with Gasteiger partial charge in [0.1, 0.15) is 0 Å². The van der Waals surface area contributed by atoms with Crippen LogP contribution in [0.15, 0.2) is 109 Å². The van der Waals surface area contributed by atoms with Crippen molar-refractivity contribution in [3.8, 4) is 11.1 Å². The predicted octanol–water partition coefficient (Wildman–Crippen LogP) is 6.41. The van der Waals surface area contributed by atoms with Crippen LogP contribution >= 0.6 is 7.92 Å². The van der Waals surface area contributed by atoms with E-state index in [1.165, 1.54) is 32.6 Å². The Bertz CT molecular complexity index is 1000. The lowest BCUT2D eigenvalue weighted by Crippen LogP contribution is -2.20. The van der Waals surface area contributed by atoms with Crippen molar-refractivity contribution in [1.29, 1.82) is 0 Å². The largest absolute Gasteiger partial charge is 0.0622 e. The molecule has 0 bridgehead atoms. The van der Waals surface area contributed by atoms with Crippen LogP contribution in [0.5, 0.6) is 0 Å². The van der Waals surface area contributed by atoms with Crippen molar-refractivity contribution < 1.29 is 0 Å². The van der Waals surface area contributed by atoms with E-state index in [1.807, 2.05) is 0 Å². The Labute approximate surface area is 176 Å². The van der Waals surface area contributed by atoms with Gasteiger partial charge in [-0.25, -0.2) is 0 Å². The van der Waals surface area contributed by atoms with Crippen LogP contribution < -0.4 is 15.9 Å². The summed E-state index contributed by atoms with van der Waals surface area (Å²) in [5.74, 6) is 0. The Kier molecular flexibility index (Phi) is 5.65. The van der Waals surface area contributed by atoms with Crippen LogP contribution in [0, 0.1) is 0 Å². The molecule has 1 heteroatoms. The quantitative estimate of drug-likeness (QED) is 0.351. The molecule has 0 aliphatic rings. The summed E-state index contributed by atoms with van der Waals surface area (Å²) < 4.78 is 0. The fraction of sp³-hybridized carbons (Fsp3) is 0.143. The highest BCUT2D eigenvalue weighted by atomic mass is 31.1. The minimum atomic E-state index is -0.548. The lowest BCUT2D eigenvalue weighted by Gasteiger charge is -2.20. The van der Waals surface area contributed by atoms with E-state index >= 15 is 0 Å². The molecule has 0 N–H and O–H groups in total. The van der Waals surface area contributed by atoms with Gasteiger partial charge in [0.05, 0.1) is 0 Å². The van der Waals surface area contributed by atoms with Crippen molar-refractivity contribution in [2.75, 3.05) is 0 Å². The van der Waals surface area contributed by atoms with Crippen LogP contribution in [0.1, 0.15) is 26.3 Å². The molecule has 4 aromatic carbocycles. The predicted molar refractivity (Wildman–Crippen MR) is 129 cm³/mol. The van der Waals surface area contributed by atoms with Crippen LogP contribution in [0.2, 0.25) is 0 Å². The monoisotopic (exact) mass is 394 g/mol. The third-order valence-corrected chi connectivity index (χ3v) is 7.68. The minimum absolute atomic E-state index is 0.184. The fourth-order valence-corrected chi connectivity index (χ4v) is 5.85. The van der Waals surface area contributed by atoms with Gasteiger partial charge in [-0.15, -0.1) is 0 Å². The average Bonchev–Trinajstić information content (AvgIpc) is 2.76. The van der Waals surface area contributed by atoms with Gasteiger partial charge in [0.25, 0.3) is 0 Å². The summed E-state index contributed by atoms with van der Waals surface area (Å²) in [6.07, 6.45) is 0. The molecule has 0 heterocycles. The van der Waals surface area contributed by atoms with E-state index in [9.17, 15) is 0 Å². The van der Waals surface area contributed by atoms with Crippen LogP contribution in [0.25, 0.3) is 11.1 Å². The topological polar surface area (TPSA) is 0 Å². The Morgan fingerprint density at radius 3 is 1.24 bits per heavy atom. The molecule has 144 valence electrons. The van der Waals surface area contributed by atoms with Gasteiger partial charge < -0.3 is 0 Å². The molecule has 0 radical (unpaired) electrons. The van der Waals surface area contributed by atoms with E-state index in [0.29, 0.717) is 0 Å². The lowest BCUT2D eigenvalue weighted by molar-refractivity contribution is 0.590. The molecule has 0 spiro atoms. The van der Waals surface area contributed by atoms with Crippen molar-refractivity contribution >= 4 is 23.8 Å². The zero-order valence-electron chi connectivity index (χ0n) is 17.3. The molecule has 0 aliphatic carbocycles. The summed E-state index contributed by atoms with van der Waals surface area (Å²) in [7, 11) is -0.548. The molecule has 0 amide bonds. The van der Waals surface area contributed by atoms with E-state index in [1.54, 1.807) is 0 Å². The number of rotatable bonds is 4. The molecule has 0 saturated heterocycles. The maximum Gasteiger partial charge on any atom is -0.0132 e. The molecule has 0 aliphatic heterocycles. The fourth-order valence-electron chi connectivity index (χ4n) is 3.57. The summed E-state index contributed by atoms with van der Waals surface area (Å²) in [5.41, 5.74) is 4.09. The lowest BCUT2D eigenvalue weighted by atomic mass is 9.86. The summed E-state index contributed by atoms with van der Waals surface area (Å²) in [4.78, 5) is 0. The second-order valence-electron chi connectivity index (χ2n) is 8.38. The smallest absolute Gasteiger partial charge is 0.0132 e. The van der Waals surface area contributed by atoms with Crippen molar-refractivity contribution in [2.24, 2.45) is 0 Å². The van der Waals surface area contributed by atoms with E-state index in [4.69, 9.17) is 0 Å². The van der Waals surface area contributed by atoms with E-state index in [-0.39, 0.29) is 5.41 Å². The van der Waals surface area contributed by atoms with Crippen LogP contribution in [-0.2, 0) is 5.41 Å². The van der Waals surface area contributed by atoms with Gasteiger partial charge in [0.15, 0.2) is 0 Å². The molecule has 4 aromatic rings. The maximum atomic E-state index is 2.30. The maximum absolute atomic E-state index is 2.30. The van der Waals surface area contributed by atoms with Crippen molar-refractivity contribution in [3.63, 3.8) is 0 Å². The van der Waals surface area contributed by atoms with Gasteiger partial charge in [-0.1, -0.05) is 130 Å². The normalized spacial score (nSPS) is 11.6. The third-order valence-electron chi connectivity index (χ3n) is 5.24. The van der Waals surface area contributed by atoms with Crippen LogP contribution in [0.3, 0.4) is 0 Å². The zero-order chi connectivity index (χ0) is 20.3. The molecular weight excluding hydrogens is 367 g/mol. The molecular formula is C28H27P. The highest BCUT2D eigenvalue weighted by Gasteiger charge is 2.16.